The van der Waals surface area contributed by atoms with Crippen molar-refractivity contribution in [3.8, 4) is 0 Å². The normalized spacial score (nSPS) is 12.8. The predicted molar refractivity (Wildman–Crippen MR) is 76.4 cm³/mol. The van der Waals surface area contributed by atoms with Crippen LogP contribution in [0.4, 0.5) is 0 Å². The van der Waals surface area contributed by atoms with Gasteiger partial charge in [0.2, 0.25) is 0 Å². The summed E-state index contributed by atoms with van der Waals surface area (Å²) >= 11 is 0. The highest BCUT2D eigenvalue weighted by molar-refractivity contribution is 5.89. The van der Waals surface area contributed by atoms with Gasteiger partial charge in [0.25, 0.3) is 0 Å². The average molecular weight is 296 g/mol. The van der Waals surface area contributed by atoms with Gasteiger partial charge < -0.3 is 15.2 Å². The van der Waals surface area contributed by atoms with E-state index in [4.69, 9.17) is 0 Å². The molecular weight excluding hydrogens is 276 g/mol. The monoisotopic (exact) mass is 296 g/mol. The van der Waals surface area contributed by atoms with Crippen LogP contribution in [0.5, 0.6) is 0 Å². The van der Waals surface area contributed by atoms with E-state index in [0.29, 0.717) is 12.1 Å². The fraction of sp³-hybridized carbons (Fsp3) is 0.500. The molecule has 2 N–H and O–H groups in total. The Morgan fingerprint density at radius 3 is 2.43 bits per heavy atom. The van der Waals surface area contributed by atoms with E-state index >= 15 is 0 Å². The lowest BCUT2D eigenvalue weighted by Crippen LogP contribution is -2.38. The number of nitro groups is 1. The summed E-state index contributed by atoms with van der Waals surface area (Å²) in [5.41, 5.74) is 0.752. The first-order chi connectivity index (χ1) is 9.69. The first kappa shape index (κ1) is 17.1. The summed E-state index contributed by atoms with van der Waals surface area (Å²) < 4.78 is 4.47. The van der Waals surface area contributed by atoms with E-state index < -0.39 is 23.7 Å². The number of nitrogens with zero attached hydrogens (tertiary/aromatic N) is 1. The molecule has 0 radical (unpaired) electrons. The average Bonchev–Trinajstić information content (AvgIpc) is 2.41. The van der Waals surface area contributed by atoms with Crippen LogP contribution in [0.25, 0.3) is 0 Å². The molecule has 116 valence electrons. The van der Waals surface area contributed by atoms with Gasteiger partial charge in [-0.15, -0.1) is 0 Å². The van der Waals surface area contributed by atoms with Gasteiger partial charge in [-0.1, -0.05) is 12.1 Å². The molecule has 21 heavy (non-hydrogen) atoms. The van der Waals surface area contributed by atoms with Crippen LogP contribution in [0.2, 0.25) is 0 Å². The summed E-state index contributed by atoms with van der Waals surface area (Å²) in [5.74, 6) is -0.763. The first-order valence-corrected chi connectivity index (χ1v) is 6.51. The molecule has 1 unspecified atom stereocenters. The molecule has 1 atom stereocenters. The summed E-state index contributed by atoms with van der Waals surface area (Å²) in [6, 6.07) is 6.13. The number of carbonyl (C=O) groups is 1. The Balaban J connectivity index is 2.60. The van der Waals surface area contributed by atoms with Crippen LogP contribution >= 0.6 is 0 Å². The van der Waals surface area contributed by atoms with Gasteiger partial charge in [0, 0.05) is 12.1 Å². The number of nitrogens with one attached hydrogen (secondary N) is 1. The Morgan fingerprint density at radius 2 is 1.95 bits per heavy atom. The molecule has 0 bridgehead atoms. The summed E-state index contributed by atoms with van der Waals surface area (Å²) in [4.78, 5) is 20.9. The number of aliphatic hydroxyl groups is 1. The van der Waals surface area contributed by atoms with E-state index in [0.717, 1.165) is 0 Å². The predicted octanol–water partition coefficient (Wildman–Crippen LogP) is 1.50. The fourth-order valence-corrected chi connectivity index (χ4v) is 1.56. The zero-order valence-corrected chi connectivity index (χ0v) is 12.3. The van der Waals surface area contributed by atoms with Gasteiger partial charge in [-0.3, -0.25) is 10.1 Å². The minimum Gasteiger partial charge on any atom is -0.397 e. The quantitative estimate of drug-likeness (QED) is 0.357. The smallest absolute Gasteiger partial charge is 0.347 e. The second kappa shape index (κ2) is 7.14. The van der Waals surface area contributed by atoms with Gasteiger partial charge in [0.05, 0.1) is 16.6 Å². The van der Waals surface area contributed by atoms with Crippen molar-refractivity contribution in [1.29, 1.82) is 0 Å². The van der Waals surface area contributed by atoms with Crippen LogP contribution in [0.15, 0.2) is 24.3 Å². The topological polar surface area (TPSA) is 102 Å². The second-order valence-corrected chi connectivity index (χ2v) is 5.66. The molecule has 1 rings (SSSR count). The maximum absolute atomic E-state index is 11.5. The number of hydrogen-bond acceptors (Lipinski definition) is 6. The lowest BCUT2D eigenvalue weighted by molar-refractivity contribution is -0.517. The molecule has 0 heterocycles. The highest BCUT2D eigenvalue weighted by Crippen LogP contribution is 2.15. The molecule has 0 amide bonds. The molecule has 0 saturated heterocycles. The third-order valence-electron chi connectivity index (χ3n) is 2.66. The number of esters is 1. The highest BCUT2D eigenvalue weighted by atomic mass is 16.7. The summed E-state index contributed by atoms with van der Waals surface area (Å²) in [5, 5.41) is 23.3. The van der Waals surface area contributed by atoms with E-state index in [1.807, 2.05) is 20.8 Å². The third kappa shape index (κ3) is 6.33. The molecule has 7 nitrogen and oxygen atoms in total. The van der Waals surface area contributed by atoms with E-state index in [1.165, 1.54) is 12.1 Å². The standard InChI is InChI=1S/C14H20N2O5/c1-14(2,3)15-8-12(17)10-4-6-11(7-5-10)13(18)21-9-16(19)20/h4-7,12,15,17H,8-9H2,1-3H3. The molecule has 0 aromatic heterocycles. The zero-order valence-electron chi connectivity index (χ0n) is 12.3. The first-order valence-electron chi connectivity index (χ1n) is 6.51. The van der Waals surface area contributed by atoms with E-state index in [-0.39, 0.29) is 11.1 Å². The molecule has 7 heteroatoms. The SMILES string of the molecule is CC(C)(C)NCC(O)c1ccc(C(=O)OC[N+](=O)[O-])cc1. The summed E-state index contributed by atoms with van der Waals surface area (Å²) in [7, 11) is 0. The number of benzene rings is 1. The molecule has 1 aromatic rings. The van der Waals surface area contributed by atoms with Crippen molar-refractivity contribution in [2.45, 2.75) is 32.4 Å². The van der Waals surface area contributed by atoms with E-state index in [9.17, 15) is 20.0 Å². The van der Waals surface area contributed by atoms with Gasteiger partial charge in [0.1, 0.15) is 0 Å². The summed E-state index contributed by atoms with van der Waals surface area (Å²) in [6.07, 6.45) is -0.701. The largest absolute Gasteiger partial charge is 0.397 e. The van der Waals surface area contributed by atoms with E-state index in [2.05, 4.69) is 10.1 Å². The minimum atomic E-state index is -0.862. The van der Waals surface area contributed by atoms with E-state index in [1.54, 1.807) is 12.1 Å². The van der Waals surface area contributed by atoms with Crippen LogP contribution in [-0.2, 0) is 4.74 Å². The minimum absolute atomic E-state index is 0.104. The van der Waals surface area contributed by atoms with Crippen LogP contribution in [0.1, 0.15) is 42.8 Å². The number of β-amino-alcohol motifs (C(OH)–C–C–N with tert-alkyl or cyclic N) is 1. The van der Waals surface area contributed by atoms with Crippen LogP contribution < -0.4 is 5.32 Å². The third-order valence-corrected chi connectivity index (χ3v) is 2.66. The van der Waals surface area contributed by atoms with Crippen molar-refractivity contribution in [2.24, 2.45) is 0 Å². The van der Waals surface area contributed by atoms with Crippen molar-refractivity contribution < 1.29 is 19.6 Å². The molecular formula is C14H20N2O5. The van der Waals surface area contributed by atoms with Crippen LogP contribution in [0.3, 0.4) is 0 Å². The molecule has 0 fully saturated rings. The number of rotatable bonds is 6. The fourth-order valence-electron chi connectivity index (χ4n) is 1.56. The molecule has 0 saturated carbocycles. The Labute approximate surface area is 123 Å². The Bertz CT molecular complexity index is 493. The molecule has 0 aliphatic heterocycles. The van der Waals surface area contributed by atoms with Crippen LogP contribution in [-0.4, -0.2) is 34.8 Å². The second-order valence-electron chi connectivity index (χ2n) is 5.66. The number of aliphatic hydroxyl groups excluding tert-OH is 1. The maximum Gasteiger partial charge on any atom is 0.347 e. The van der Waals surface area contributed by atoms with Crippen molar-refractivity contribution >= 4 is 5.97 Å². The van der Waals surface area contributed by atoms with Gasteiger partial charge in [-0.05, 0) is 38.5 Å². The Morgan fingerprint density at radius 1 is 1.38 bits per heavy atom. The van der Waals surface area contributed by atoms with Crippen LogP contribution in [0, 0.1) is 10.1 Å². The highest BCUT2D eigenvalue weighted by Gasteiger charge is 2.15. The maximum atomic E-state index is 11.5. The van der Waals surface area contributed by atoms with Crippen molar-refractivity contribution in [3.05, 3.63) is 45.5 Å². The van der Waals surface area contributed by atoms with Gasteiger partial charge >= 0.3 is 12.7 Å². The molecule has 1 aromatic carbocycles. The zero-order chi connectivity index (χ0) is 16.0. The van der Waals surface area contributed by atoms with Crippen molar-refractivity contribution in [3.63, 3.8) is 0 Å². The molecule has 0 spiro atoms. The number of ether oxygens (including phenoxy) is 1. The van der Waals surface area contributed by atoms with Crippen molar-refractivity contribution in [2.75, 3.05) is 13.3 Å². The lowest BCUT2D eigenvalue weighted by atomic mass is 10.0. The lowest BCUT2D eigenvalue weighted by Gasteiger charge is -2.23. The Kier molecular flexibility index (Phi) is 5.80. The number of carbonyl (C=O) groups excluding carboxylic acids is 1. The Hall–Kier alpha value is -1.99. The van der Waals surface area contributed by atoms with Crippen molar-refractivity contribution in [1.82, 2.24) is 5.32 Å². The number of hydrogen-bond donors (Lipinski definition) is 2. The summed E-state index contributed by atoms with van der Waals surface area (Å²) in [6.45, 7) is 5.50. The van der Waals surface area contributed by atoms with Gasteiger partial charge in [-0.2, -0.15) is 0 Å². The van der Waals surface area contributed by atoms with Gasteiger partial charge in [-0.25, -0.2) is 4.79 Å². The van der Waals surface area contributed by atoms with Gasteiger partial charge in [0.15, 0.2) is 0 Å². The molecule has 0 aliphatic carbocycles. The molecule has 0 aliphatic rings.